The number of hydrogen-bond acceptors (Lipinski definition) is 4. The van der Waals surface area contributed by atoms with Gasteiger partial charge in [0.1, 0.15) is 6.10 Å². The van der Waals surface area contributed by atoms with Crippen molar-refractivity contribution in [1.82, 2.24) is 4.90 Å². The van der Waals surface area contributed by atoms with Crippen molar-refractivity contribution in [2.75, 3.05) is 37.4 Å². The molecule has 1 atom stereocenters. The zero-order valence-corrected chi connectivity index (χ0v) is 14.8. The third-order valence-corrected chi connectivity index (χ3v) is 4.91. The molecular formula is C19H29N3O2. The number of piperidine rings is 1. The minimum Gasteiger partial charge on any atom is -0.381 e. The number of nitrogens with one attached hydrogen (secondary N) is 2. The fraction of sp³-hybridized carbons (Fsp3) is 0.632. The van der Waals surface area contributed by atoms with Crippen LogP contribution in [0, 0.1) is 5.92 Å². The standard InChI is InChI=1S/C19H29N3O2/c1-14(24-13-15-7-8-15)19(23)21-18-6-4-3-5-17(18)20-16-9-11-22(2)12-10-16/h3-6,14-16,20H,7-13H2,1-2H3,(H,21,23)/t14-/m1/s1. The Bertz CT molecular complexity index is 551. The van der Waals surface area contributed by atoms with Gasteiger partial charge in [-0.25, -0.2) is 0 Å². The second-order valence-electron chi connectivity index (χ2n) is 7.18. The van der Waals surface area contributed by atoms with E-state index in [-0.39, 0.29) is 5.91 Å². The third kappa shape index (κ3) is 4.95. The minimum absolute atomic E-state index is 0.0757. The van der Waals surface area contributed by atoms with Crippen molar-refractivity contribution in [1.29, 1.82) is 0 Å². The summed E-state index contributed by atoms with van der Waals surface area (Å²) in [5, 5.41) is 6.61. The molecule has 24 heavy (non-hydrogen) atoms. The first-order chi connectivity index (χ1) is 11.6. The molecular weight excluding hydrogens is 302 g/mol. The molecule has 1 aliphatic heterocycles. The molecule has 2 N–H and O–H groups in total. The van der Waals surface area contributed by atoms with E-state index in [4.69, 9.17) is 4.74 Å². The molecule has 1 saturated carbocycles. The Kier molecular flexibility index (Phi) is 5.74. The van der Waals surface area contributed by atoms with E-state index < -0.39 is 6.10 Å². The molecule has 0 radical (unpaired) electrons. The number of para-hydroxylation sites is 2. The van der Waals surface area contributed by atoms with Gasteiger partial charge in [-0.3, -0.25) is 4.79 Å². The highest BCUT2D eigenvalue weighted by Gasteiger charge is 2.24. The van der Waals surface area contributed by atoms with Crippen molar-refractivity contribution in [3.63, 3.8) is 0 Å². The number of likely N-dealkylation sites (tertiary alicyclic amines) is 1. The van der Waals surface area contributed by atoms with Crippen LogP contribution in [0.2, 0.25) is 0 Å². The lowest BCUT2D eigenvalue weighted by atomic mass is 10.0. The van der Waals surface area contributed by atoms with Crippen LogP contribution in [0.25, 0.3) is 0 Å². The maximum absolute atomic E-state index is 12.4. The van der Waals surface area contributed by atoms with Crippen LogP contribution in [-0.2, 0) is 9.53 Å². The monoisotopic (exact) mass is 331 g/mol. The predicted molar refractivity (Wildman–Crippen MR) is 97.4 cm³/mol. The number of carbonyl (C=O) groups is 1. The number of hydrogen-bond donors (Lipinski definition) is 2. The lowest BCUT2D eigenvalue weighted by molar-refractivity contribution is -0.126. The molecule has 1 aromatic carbocycles. The van der Waals surface area contributed by atoms with E-state index in [1.807, 2.05) is 31.2 Å². The molecule has 0 unspecified atom stereocenters. The zero-order valence-electron chi connectivity index (χ0n) is 14.8. The van der Waals surface area contributed by atoms with Crippen LogP contribution in [0.15, 0.2) is 24.3 Å². The normalized spacial score (nSPS) is 20.6. The topological polar surface area (TPSA) is 53.6 Å². The number of carbonyl (C=O) groups excluding carboxylic acids is 1. The molecule has 2 aliphatic rings. The molecule has 1 heterocycles. The quantitative estimate of drug-likeness (QED) is 0.806. The molecule has 2 fully saturated rings. The van der Waals surface area contributed by atoms with Crippen molar-refractivity contribution in [2.24, 2.45) is 5.92 Å². The molecule has 1 aromatic rings. The molecule has 5 heteroatoms. The van der Waals surface area contributed by atoms with E-state index in [9.17, 15) is 4.79 Å². The Labute approximate surface area is 144 Å². The van der Waals surface area contributed by atoms with E-state index in [2.05, 4.69) is 22.6 Å². The fourth-order valence-electron chi connectivity index (χ4n) is 2.97. The van der Waals surface area contributed by atoms with Gasteiger partial charge in [-0.2, -0.15) is 0 Å². The fourth-order valence-corrected chi connectivity index (χ4v) is 2.97. The first kappa shape index (κ1) is 17.2. The first-order valence-electron chi connectivity index (χ1n) is 9.08. The summed E-state index contributed by atoms with van der Waals surface area (Å²) in [5.41, 5.74) is 1.83. The van der Waals surface area contributed by atoms with Gasteiger partial charge in [0, 0.05) is 6.04 Å². The largest absolute Gasteiger partial charge is 0.381 e. The highest BCUT2D eigenvalue weighted by Crippen LogP contribution is 2.29. The average molecular weight is 331 g/mol. The number of ether oxygens (including phenoxy) is 1. The lowest BCUT2D eigenvalue weighted by Gasteiger charge is -2.30. The number of amides is 1. The van der Waals surface area contributed by atoms with Gasteiger partial charge in [-0.1, -0.05) is 12.1 Å². The number of rotatable bonds is 7. The summed E-state index contributed by atoms with van der Waals surface area (Å²) in [7, 11) is 2.16. The van der Waals surface area contributed by atoms with Crippen LogP contribution in [0.3, 0.4) is 0 Å². The van der Waals surface area contributed by atoms with Crippen molar-refractivity contribution in [3.05, 3.63) is 24.3 Å². The highest BCUT2D eigenvalue weighted by atomic mass is 16.5. The molecule has 1 saturated heterocycles. The lowest BCUT2D eigenvalue weighted by Crippen LogP contribution is -2.37. The summed E-state index contributed by atoms with van der Waals surface area (Å²) in [6.07, 6.45) is 4.30. The second kappa shape index (κ2) is 7.99. The minimum atomic E-state index is -0.415. The molecule has 1 amide bonds. The zero-order chi connectivity index (χ0) is 16.9. The Morgan fingerprint density at radius 1 is 1.21 bits per heavy atom. The van der Waals surface area contributed by atoms with Gasteiger partial charge in [0.2, 0.25) is 0 Å². The van der Waals surface area contributed by atoms with E-state index in [0.29, 0.717) is 18.6 Å². The Morgan fingerprint density at radius 3 is 2.54 bits per heavy atom. The molecule has 0 spiro atoms. The van der Waals surface area contributed by atoms with E-state index >= 15 is 0 Å². The third-order valence-electron chi connectivity index (χ3n) is 4.91. The van der Waals surface area contributed by atoms with Crippen LogP contribution in [0.5, 0.6) is 0 Å². The Balaban J connectivity index is 1.55. The average Bonchev–Trinajstić information content (AvgIpc) is 3.41. The summed E-state index contributed by atoms with van der Waals surface area (Å²) in [6.45, 7) is 4.74. The second-order valence-corrected chi connectivity index (χ2v) is 7.18. The van der Waals surface area contributed by atoms with Crippen molar-refractivity contribution in [2.45, 2.75) is 44.8 Å². The van der Waals surface area contributed by atoms with Crippen LogP contribution in [-0.4, -0.2) is 49.7 Å². The van der Waals surface area contributed by atoms with Gasteiger partial charge >= 0.3 is 0 Å². The summed E-state index contributed by atoms with van der Waals surface area (Å²) in [4.78, 5) is 14.7. The maximum Gasteiger partial charge on any atom is 0.253 e. The number of anilines is 2. The smallest absolute Gasteiger partial charge is 0.253 e. The van der Waals surface area contributed by atoms with Crippen LogP contribution < -0.4 is 10.6 Å². The van der Waals surface area contributed by atoms with Crippen molar-refractivity contribution >= 4 is 17.3 Å². The van der Waals surface area contributed by atoms with Gasteiger partial charge in [0.15, 0.2) is 0 Å². The molecule has 0 aromatic heterocycles. The highest BCUT2D eigenvalue weighted by molar-refractivity contribution is 5.96. The maximum atomic E-state index is 12.4. The van der Waals surface area contributed by atoms with E-state index in [1.54, 1.807) is 0 Å². The number of benzene rings is 1. The first-order valence-corrected chi connectivity index (χ1v) is 9.08. The summed E-state index contributed by atoms with van der Waals surface area (Å²) >= 11 is 0. The van der Waals surface area contributed by atoms with Crippen LogP contribution in [0.1, 0.15) is 32.6 Å². The predicted octanol–water partition coefficient (Wildman–Crippen LogP) is 2.95. The molecule has 132 valence electrons. The molecule has 1 aliphatic carbocycles. The molecule has 0 bridgehead atoms. The van der Waals surface area contributed by atoms with E-state index in [1.165, 1.54) is 12.8 Å². The summed E-state index contributed by atoms with van der Waals surface area (Å²) < 4.78 is 5.66. The summed E-state index contributed by atoms with van der Waals surface area (Å²) in [6, 6.07) is 8.39. The van der Waals surface area contributed by atoms with Gasteiger partial charge in [0.25, 0.3) is 5.91 Å². The van der Waals surface area contributed by atoms with E-state index in [0.717, 1.165) is 37.3 Å². The van der Waals surface area contributed by atoms with Gasteiger partial charge in [0.05, 0.1) is 18.0 Å². The molecule has 5 nitrogen and oxygen atoms in total. The number of nitrogens with zero attached hydrogens (tertiary/aromatic N) is 1. The van der Waals surface area contributed by atoms with Gasteiger partial charge in [-0.05, 0) is 70.8 Å². The Hall–Kier alpha value is -1.59. The summed E-state index contributed by atoms with van der Waals surface area (Å²) in [5.74, 6) is 0.590. The van der Waals surface area contributed by atoms with Gasteiger partial charge in [-0.15, -0.1) is 0 Å². The van der Waals surface area contributed by atoms with Crippen molar-refractivity contribution in [3.8, 4) is 0 Å². The molecule has 3 rings (SSSR count). The van der Waals surface area contributed by atoms with Crippen LogP contribution in [0.4, 0.5) is 11.4 Å². The SMILES string of the molecule is C[C@@H](OCC1CC1)C(=O)Nc1ccccc1NC1CCN(C)CC1. The van der Waals surface area contributed by atoms with Crippen LogP contribution >= 0.6 is 0 Å². The van der Waals surface area contributed by atoms with Gasteiger partial charge < -0.3 is 20.3 Å². The van der Waals surface area contributed by atoms with Crippen molar-refractivity contribution < 1.29 is 9.53 Å². The Morgan fingerprint density at radius 2 is 1.88 bits per heavy atom.